The normalized spacial score (nSPS) is 12.1. The van der Waals surface area contributed by atoms with Crippen LogP contribution in [0.25, 0.3) is 22.4 Å². The molecule has 0 aliphatic heterocycles. The van der Waals surface area contributed by atoms with Gasteiger partial charge >= 0.3 is 0 Å². The number of para-hydroxylation sites is 1. The Morgan fingerprint density at radius 3 is 2.20 bits per heavy atom. The predicted molar refractivity (Wildman–Crippen MR) is 122 cm³/mol. The van der Waals surface area contributed by atoms with Crippen LogP contribution >= 0.6 is 11.3 Å². The van der Waals surface area contributed by atoms with Crippen LogP contribution in [-0.2, 0) is 6.42 Å². The largest absolute Gasteiger partial charge is 1.00 e. The molecule has 30 heavy (non-hydrogen) atoms. The summed E-state index contributed by atoms with van der Waals surface area (Å²) in [4.78, 5) is 6.31. The summed E-state index contributed by atoms with van der Waals surface area (Å²) in [5.41, 5.74) is 6.25. The van der Waals surface area contributed by atoms with Gasteiger partial charge in [-0.25, -0.2) is 0 Å². The van der Waals surface area contributed by atoms with E-state index in [0.717, 1.165) is 22.4 Å². The van der Waals surface area contributed by atoms with E-state index in [1.54, 1.807) is 0 Å². The zero-order valence-electron chi connectivity index (χ0n) is 17.2. The number of quaternary nitrogens is 1. The topological polar surface area (TPSA) is 22.1 Å². The lowest BCUT2D eigenvalue weighted by Gasteiger charge is -2.19. The third kappa shape index (κ3) is 4.02. The maximum atomic E-state index is 5.91. The highest BCUT2D eigenvalue weighted by Crippen LogP contribution is 2.43. The van der Waals surface area contributed by atoms with Gasteiger partial charge in [-0.05, 0) is 41.0 Å². The Bertz CT molecular complexity index is 1180. The van der Waals surface area contributed by atoms with E-state index in [-0.39, 0.29) is 24.0 Å². The van der Waals surface area contributed by atoms with E-state index in [1.807, 2.05) is 53.8 Å². The second-order valence-corrected chi connectivity index (χ2v) is 9.33. The van der Waals surface area contributed by atoms with Crippen molar-refractivity contribution in [2.75, 3.05) is 21.1 Å². The van der Waals surface area contributed by atoms with E-state index in [4.69, 9.17) is 9.72 Å². The van der Waals surface area contributed by atoms with Crippen LogP contribution in [0.1, 0.15) is 10.4 Å². The van der Waals surface area contributed by atoms with Crippen LogP contribution in [0.3, 0.4) is 0 Å². The van der Waals surface area contributed by atoms with Crippen molar-refractivity contribution >= 4 is 16.5 Å². The Kier molecular flexibility index (Phi) is 5.70. The summed E-state index contributed by atoms with van der Waals surface area (Å²) in [5.74, 6) is 1.70. The number of hydrogen-bond acceptors (Lipinski definition) is 3. The quantitative estimate of drug-likeness (QED) is 0.265. The molecule has 1 aliphatic carbocycles. The summed E-state index contributed by atoms with van der Waals surface area (Å²) >= 11 is 1.83. The Hall–Kier alpha value is -2.22. The maximum Gasteiger partial charge on any atom is 0.286 e. The minimum atomic E-state index is 0. The molecule has 152 valence electrons. The highest BCUT2D eigenvalue weighted by molar-refractivity contribution is 7.16. The van der Waals surface area contributed by atoms with Crippen molar-refractivity contribution in [3.63, 3.8) is 0 Å². The molecule has 0 amide bonds. The standard InChI is InChI=1S/C25H23N2OS.HI/c1-27(2,3)25-26-24-22-14-11-18(15-19(22)16-23(24)29-25)17-9-12-21(13-10-17)28-20-7-5-4-6-8-20;/h4-15H,16H2,1-3H3;1H/q+1;/p-1. The molecule has 1 heterocycles. The van der Waals surface area contributed by atoms with Crippen LogP contribution in [0.4, 0.5) is 5.13 Å². The molecule has 0 atom stereocenters. The average Bonchev–Trinajstić information content (AvgIpc) is 3.27. The minimum absolute atomic E-state index is 0. The lowest BCUT2D eigenvalue weighted by molar-refractivity contribution is -0.00000642. The second kappa shape index (κ2) is 8.13. The SMILES string of the molecule is C[N+](C)(C)c1nc2c(s1)Cc1cc(-c3ccc(Oc4ccccc4)cc3)ccc1-2.[I-]. The summed E-state index contributed by atoms with van der Waals surface area (Å²) < 4.78 is 6.67. The first kappa shape index (κ1) is 21.0. The summed E-state index contributed by atoms with van der Waals surface area (Å²) in [6, 6.07) is 24.9. The van der Waals surface area contributed by atoms with Gasteiger partial charge in [0.25, 0.3) is 5.13 Å². The Balaban J connectivity index is 0.00000218. The molecule has 0 fully saturated rings. The van der Waals surface area contributed by atoms with E-state index < -0.39 is 0 Å². The van der Waals surface area contributed by atoms with Crippen LogP contribution in [0.15, 0.2) is 72.8 Å². The van der Waals surface area contributed by atoms with Gasteiger partial charge in [0, 0.05) is 16.9 Å². The number of thiazole rings is 1. The van der Waals surface area contributed by atoms with Crippen molar-refractivity contribution in [1.82, 2.24) is 9.47 Å². The zero-order chi connectivity index (χ0) is 20.0. The Morgan fingerprint density at radius 2 is 1.50 bits per heavy atom. The van der Waals surface area contributed by atoms with Gasteiger partial charge in [0.1, 0.15) is 11.5 Å². The van der Waals surface area contributed by atoms with Crippen LogP contribution in [0, 0.1) is 0 Å². The third-order valence-corrected chi connectivity index (χ3v) is 6.54. The lowest BCUT2D eigenvalue weighted by atomic mass is 10.00. The average molecular weight is 526 g/mol. The summed E-state index contributed by atoms with van der Waals surface area (Å²) in [6.45, 7) is 0. The molecule has 0 radical (unpaired) electrons. The molecule has 1 aliphatic rings. The molecule has 5 rings (SSSR count). The highest BCUT2D eigenvalue weighted by atomic mass is 127. The van der Waals surface area contributed by atoms with Gasteiger partial charge in [-0.3, -0.25) is 4.48 Å². The number of fused-ring (bicyclic) bond motifs is 3. The Morgan fingerprint density at radius 1 is 0.833 bits per heavy atom. The number of rotatable bonds is 4. The Labute approximate surface area is 198 Å². The van der Waals surface area contributed by atoms with E-state index in [0.29, 0.717) is 0 Å². The van der Waals surface area contributed by atoms with E-state index in [1.165, 1.54) is 38.0 Å². The fourth-order valence-electron chi connectivity index (χ4n) is 3.62. The van der Waals surface area contributed by atoms with E-state index >= 15 is 0 Å². The van der Waals surface area contributed by atoms with E-state index in [2.05, 4.69) is 51.5 Å². The number of benzene rings is 3. The van der Waals surface area contributed by atoms with E-state index in [9.17, 15) is 0 Å². The van der Waals surface area contributed by atoms with Gasteiger partial charge in [0.15, 0.2) is 0 Å². The molecular formula is C25H23IN2OS. The molecule has 3 nitrogen and oxygen atoms in total. The molecular weight excluding hydrogens is 503 g/mol. The molecule has 0 saturated carbocycles. The van der Waals surface area contributed by atoms with Crippen molar-refractivity contribution < 1.29 is 28.7 Å². The van der Waals surface area contributed by atoms with Crippen molar-refractivity contribution in [3.05, 3.63) is 83.2 Å². The summed E-state index contributed by atoms with van der Waals surface area (Å²) in [6.07, 6.45) is 0.978. The fourth-order valence-corrected chi connectivity index (χ4v) is 4.73. The molecule has 0 spiro atoms. The van der Waals surface area contributed by atoms with Crippen LogP contribution in [-0.4, -0.2) is 26.1 Å². The smallest absolute Gasteiger partial charge is 0.286 e. The van der Waals surface area contributed by atoms with Crippen molar-refractivity contribution in [2.24, 2.45) is 0 Å². The van der Waals surface area contributed by atoms with Crippen molar-refractivity contribution in [2.45, 2.75) is 6.42 Å². The van der Waals surface area contributed by atoms with Gasteiger partial charge in [0.05, 0.1) is 26.8 Å². The molecule has 0 saturated heterocycles. The number of ether oxygens (including phenoxy) is 1. The molecule has 5 heteroatoms. The van der Waals surface area contributed by atoms with Crippen LogP contribution in [0.5, 0.6) is 11.5 Å². The molecule has 1 aromatic heterocycles. The number of hydrogen-bond donors (Lipinski definition) is 0. The molecule has 3 aromatic carbocycles. The highest BCUT2D eigenvalue weighted by Gasteiger charge is 2.28. The fraction of sp³-hybridized carbons (Fsp3) is 0.160. The van der Waals surface area contributed by atoms with Gasteiger partial charge in [-0.15, -0.1) is 0 Å². The first-order valence-electron chi connectivity index (χ1n) is 9.76. The number of nitrogens with zero attached hydrogens (tertiary/aromatic N) is 2. The second-order valence-electron chi connectivity index (χ2n) is 8.27. The molecule has 4 aromatic rings. The van der Waals surface area contributed by atoms with Crippen molar-refractivity contribution in [3.8, 4) is 33.9 Å². The maximum absolute atomic E-state index is 5.91. The zero-order valence-corrected chi connectivity index (χ0v) is 20.2. The number of halogens is 1. The number of aromatic nitrogens is 1. The molecule has 0 unspecified atom stereocenters. The minimum Gasteiger partial charge on any atom is -1.00 e. The monoisotopic (exact) mass is 526 g/mol. The molecule has 0 bridgehead atoms. The van der Waals surface area contributed by atoms with Gasteiger partial charge in [0.2, 0.25) is 0 Å². The van der Waals surface area contributed by atoms with Gasteiger partial charge in [-0.2, -0.15) is 4.98 Å². The third-order valence-electron chi connectivity index (χ3n) is 5.14. The summed E-state index contributed by atoms with van der Waals surface area (Å²) in [5, 5.41) is 1.17. The van der Waals surface area contributed by atoms with Crippen molar-refractivity contribution in [1.29, 1.82) is 0 Å². The first-order chi connectivity index (χ1) is 14.0. The lowest BCUT2D eigenvalue weighted by Crippen LogP contribution is -3.00. The van der Waals surface area contributed by atoms with Crippen LogP contribution < -0.4 is 33.2 Å². The first-order valence-corrected chi connectivity index (χ1v) is 10.6. The van der Waals surface area contributed by atoms with Gasteiger partial charge in [-0.1, -0.05) is 59.9 Å². The summed E-state index contributed by atoms with van der Waals surface area (Å²) in [7, 11) is 6.51. The van der Waals surface area contributed by atoms with Crippen LogP contribution in [0.2, 0.25) is 0 Å². The predicted octanol–water partition coefficient (Wildman–Crippen LogP) is 3.37. The van der Waals surface area contributed by atoms with Gasteiger partial charge < -0.3 is 28.7 Å². The molecule has 0 N–H and O–H groups in total.